The molecule has 0 fully saturated rings. The predicted molar refractivity (Wildman–Crippen MR) is 106 cm³/mol. The summed E-state index contributed by atoms with van der Waals surface area (Å²) in [7, 11) is 1.59. The van der Waals surface area contributed by atoms with Crippen LogP contribution in [-0.2, 0) is 6.61 Å². The molecule has 0 radical (unpaired) electrons. The number of hydrazone groups is 1. The van der Waals surface area contributed by atoms with Gasteiger partial charge in [-0.2, -0.15) is 5.10 Å². The third-order valence-corrected chi connectivity index (χ3v) is 3.93. The van der Waals surface area contributed by atoms with E-state index in [9.17, 15) is 9.90 Å². The van der Waals surface area contributed by atoms with Gasteiger partial charge in [-0.05, 0) is 47.0 Å². The van der Waals surface area contributed by atoms with Gasteiger partial charge in [-0.3, -0.25) is 5.43 Å². The van der Waals surface area contributed by atoms with Crippen LogP contribution in [0.1, 0.15) is 21.5 Å². The van der Waals surface area contributed by atoms with Gasteiger partial charge in [-0.1, -0.05) is 42.5 Å². The number of methoxy groups -OCH3 is 1. The SMILES string of the molecule is COc1ccc(/C=N\Nc2cccc(C(=O)[O-])c2)cc1OCc1ccccc1. The van der Waals surface area contributed by atoms with Crippen molar-refractivity contribution < 1.29 is 19.4 Å². The maximum Gasteiger partial charge on any atom is 0.162 e. The molecule has 0 unspecified atom stereocenters. The van der Waals surface area contributed by atoms with Gasteiger partial charge in [0.05, 0.1) is 25.0 Å². The first-order valence-corrected chi connectivity index (χ1v) is 8.61. The third kappa shape index (κ3) is 5.11. The number of hydrogen-bond acceptors (Lipinski definition) is 6. The summed E-state index contributed by atoms with van der Waals surface area (Å²) < 4.78 is 11.2. The van der Waals surface area contributed by atoms with Crippen LogP contribution in [0.2, 0.25) is 0 Å². The quantitative estimate of drug-likeness (QED) is 0.483. The molecule has 0 heterocycles. The number of nitrogens with zero attached hydrogens (tertiary/aromatic N) is 1. The van der Waals surface area contributed by atoms with Gasteiger partial charge in [-0.15, -0.1) is 0 Å². The number of ether oxygens (including phenoxy) is 2. The topological polar surface area (TPSA) is 83.0 Å². The minimum absolute atomic E-state index is 0.0845. The molecule has 0 spiro atoms. The average molecular weight is 375 g/mol. The average Bonchev–Trinajstić information content (AvgIpc) is 2.73. The molecule has 6 nitrogen and oxygen atoms in total. The Labute approximate surface area is 163 Å². The number of hydrogen-bond donors (Lipinski definition) is 1. The fraction of sp³-hybridized carbons (Fsp3) is 0.0909. The standard InChI is InChI=1S/C22H20N2O4/c1-27-20-11-10-17(12-21(20)28-15-16-6-3-2-4-7-16)14-23-24-19-9-5-8-18(13-19)22(25)26/h2-14,24H,15H2,1H3,(H,25,26)/p-1/b23-14-. The molecular formula is C22H19N2O4-. The van der Waals surface area contributed by atoms with Crippen LogP contribution in [0.3, 0.4) is 0 Å². The number of carbonyl (C=O) groups excluding carboxylic acids is 1. The summed E-state index contributed by atoms with van der Waals surface area (Å²) in [4.78, 5) is 10.9. The van der Waals surface area contributed by atoms with Gasteiger partial charge < -0.3 is 19.4 Å². The van der Waals surface area contributed by atoms with Crippen molar-refractivity contribution >= 4 is 17.9 Å². The summed E-state index contributed by atoms with van der Waals surface area (Å²) in [6.45, 7) is 0.423. The van der Waals surface area contributed by atoms with Crippen LogP contribution < -0.4 is 20.0 Å². The van der Waals surface area contributed by atoms with Gasteiger partial charge in [0.2, 0.25) is 0 Å². The van der Waals surface area contributed by atoms with E-state index in [1.807, 2.05) is 42.5 Å². The Bertz CT molecular complexity index is 971. The highest BCUT2D eigenvalue weighted by molar-refractivity contribution is 5.87. The minimum atomic E-state index is -1.23. The highest BCUT2D eigenvalue weighted by Crippen LogP contribution is 2.28. The van der Waals surface area contributed by atoms with Gasteiger partial charge >= 0.3 is 0 Å². The second-order valence-corrected chi connectivity index (χ2v) is 5.92. The highest BCUT2D eigenvalue weighted by Gasteiger charge is 2.06. The number of carboxylic acids is 1. The van der Waals surface area contributed by atoms with Crippen molar-refractivity contribution in [2.45, 2.75) is 6.61 Å². The number of aromatic carboxylic acids is 1. The minimum Gasteiger partial charge on any atom is -0.545 e. The van der Waals surface area contributed by atoms with Gasteiger partial charge in [0.1, 0.15) is 6.61 Å². The van der Waals surface area contributed by atoms with Crippen molar-refractivity contribution in [2.75, 3.05) is 12.5 Å². The zero-order valence-corrected chi connectivity index (χ0v) is 15.3. The fourth-order valence-corrected chi connectivity index (χ4v) is 2.52. The van der Waals surface area contributed by atoms with Crippen LogP contribution >= 0.6 is 0 Å². The Kier molecular flexibility index (Phi) is 6.25. The van der Waals surface area contributed by atoms with E-state index in [1.54, 1.807) is 31.5 Å². The Balaban J connectivity index is 1.69. The van der Waals surface area contributed by atoms with E-state index in [0.717, 1.165) is 11.1 Å². The van der Waals surface area contributed by atoms with Crippen LogP contribution in [-0.4, -0.2) is 19.3 Å². The molecule has 0 aliphatic rings. The third-order valence-electron chi connectivity index (χ3n) is 3.93. The summed E-state index contributed by atoms with van der Waals surface area (Å²) >= 11 is 0. The molecule has 0 atom stereocenters. The van der Waals surface area contributed by atoms with E-state index < -0.39 is 5.97 Å². The Morgan fingerprint density at radius 3 is 2.61 bits per heavy atom. The zero-order chi connectivity index (χ0) is 19.8. The maximum atomic E-state index is 10.9. The van der Waals surface area contributed by atoms with Crippen LogP contribution in [0.4, 0.5) is 5.69 Å². The van der Waals surface area contributed by atoms with Crippen molar-refractivity contribution in [3.05, 3.63) is 89.5 Å². The van der Waals surface area contributed by atoms with Crippen molar-refractivity contribution in [1.29, 1.82) is 0 Å². The summed E-state index contributed by atoms with van der Waals surface area (Å²) in [6.07, 6.45) is 1.61. The van der Waals surface area contributed by atoms with E-state index in [1.165, 1.54) is 12.1 Å². The van der Waals surface area contributed by atoms with Gasteiger partial charge in [0, 0.05) is 0 Å². The molecule has 142 valence electrons. The van der Waals surface area contributed by atoms with E-state index in [2.05, 4.69) is 10.5 Å². The maximum absolute atomic E-state index is 10.9. The Morgan fingerprint density at radius 1 is 1.04 bits per heavy atom. The molecule has 1 N–H and O–H groups in total. The summed E-state index contributed by atoms with van der Waals surface area (Å²) in [6, 6.07) is 21.6. The molecule has 0 bridgehead atoms. The second kappa shape index (κ2) is 9.23. The zero-order valence-electron chi connectivity index (χ0n) is 15.3. The molecule has 28 heavy (non-hydrogen) atoms. The Morgan fingerprint density at radius 2 is 1.86 bits per heavy atom. The summed E-state index contributed by atoms with van der Waals surface area (Å²) in [5, 5.41) is 15.0. The predicted octanol–water partition coefficient (Wildman–Crippen LogP) is 3.08. The van der Waals surface area contributed by atoms with E-state index in [0.29, 0.717) is 23.8 Å². The number of benzene rings is 3. The molecule has 0 aliphatic heterocycles. The molecule has 0 aromatic heterocycles. The Hall–Kier alpha value is -3.80. The van der Waals surface area contributed by atoms with Crippen molar-refractivity contribution in [3.63, 3.8) is 0 Å². The summed E-state index contributed by atoms with van der Waals surface area (Å²) in [5.74, 6) is -0.0000534. The normalized spacial score (nSPS) is 10.6. The lowest BCUT2D eigenvalue weighted by molar-refractivity contribution is -0.255. The molecule has 0 saturated carbocycles. The molecular weight excluding hydrogens is 356 g/mol. The number of carboxylic acid groups (broad SMARTS) is 1. The largest absolute Gasteiger partial charge is 0.545 e. The second-order valence-electron chi connectivity index (χ2n) is 5.92. The first-order valence-electron chi connectivity index (χ1n) is 8.61. The lowest BCUT2D eigenvalue weighted by atomic mass is 10.2. The molecule has 3 aromatic carbocycles. The van der Waals surface area contributed by atoms with E-state index in [4.69, 9.17) is 9.47 Å². The van der Waals surface area contributed by atoms with Gasteiger partial charge in [0.15, 0.2) is 11.5 Å². The molecule has 0 saturated heterocycles. The fourth-order valence-electron chi connectivity index (χ4n) is 2.52. The first-order chi connectivity index (χ1) is 13.7. The first kappa shape index (κ1) is 19.0. The number of rotatable bonds is 8. The molecule has 0 amide bonds. The van der Waals surface area contributed by atoms with Gasteiger partial charge in [-0.25, -0.2) is 0 Å². The van der Waals surface area contributed by atoms with Gasteiger partial charge in [0.25, 0.3) is 0 Å². The van der Waals surface area contributed by atoms with E-state index >= 15 is 0 Å². The van der Waals surface area contributed by atoms with Crippen LogP contribution in [0, 0.1) is 0 Å². The van der Waals surface area contributed by atoms with Crippen LogP contribution in [0.15, 0.2) is 77.9 Å². The molecule has 3 rings (SSSR count). The highest BCUT2D eigenvalue weighted by atomic mass is 16.5. The van der Waals surface area contributed by atoms with Crippen LogP contribution in [0.25, 0.3) is 0 Å². The number of carbonyl (C=O) groups is 1. The van der Waals surface area contributed by atoms with Crippen LogP contribution in [0.5, 0.6) is 11.5 Å². The molecule has 6 heteroatoms. The number of nitrogens with one attached hydrogen (secondary N) is 1. The number of anilines is 1. The van der Waals surface area contributed by atoms with Crippen molar-refractivity contribution in [1.82, 2.24) is 0 Å². The molecule has 0 aliphatic carbocycles. The monoisotopic (exact) mass is 375 g/mol. The summed E-state index contributed by atoms with van der Waals surface area (Å²) in [5.41, 5.74) is 5.29. The van der Waals surface area contributed by atoms with Crippen molar-refractivity contribution in [3.8, 4) is 11.5 Å². The lowest BCUT2D eigenvalue weighted by Crippen LogP contribution is -2.22. The van der Waals surface area contributed by atoms with Crippen molar-refractivity contribution in [2.24, 2.45) is 5.10 Å². The lowest BCUT2D eigenvalue weighted by Gasteiger charge is -2.11. The molecule has 3 aromatic rings. The smallest absolute Gasteiger partial charge is 0.162 e. The van der Waals surface area contributed by atoms with E-state index in [-0.39, 0.29) is 5.56 Å².